The molecule has 172 valence electrons. The first-order chi connectivity index (χ1) is 14.8. The summed E-state index contributed by atoms with van der Waals surface area (Å²) in [4.78, 5) is 29.1. The number of ether oxygens (including phenoxy) is 5. The standard InChI is InChI=1S/C20H29N3O8/c1-4-20(6-9-27-10-7-20)17(24)28-11-12-14-15(31-19(2,3)30-14)16(29-12)23-8-5-13(22-26)21-18(23)25/h5,8,12,14-16,26H,4,6-7,9-11H2,1-3H3,(H,21,22,25)/t12-,14-,15-,16-/m1/s1. The van der Waals surface area contributed by atoms with E-state index in [2.05, 4.69) is 4.98 Å². The topological polar surface area (TPSA) is 130 Å². The first kappa shape index (κ1) is 22.2. The Labute approximate surface area is 179 Å². The second kappa shape index (κ2) is 8.47. The molecule has 0 radical (unpaired) electrons. The predicted molar refractivity (Wildman–Crippen MR) is 105 cm³/mol. The van der Waals surface area contributed by atoms with Crippen molar-refractivity contribution in [2.75, 3.05) is 25.3 Å². The van der Waals surface area contributed by atoms with Crippen LogP contribution in [0.5, 0.6) is 0 Å². The zero-order valence-corrected chi connectivity index (χ0v) is 17.9. The van der Waals surface area contributed by atoms with E-state index in [1.54, 1.807) is 13.8 Å². The molecule has 0 aromatic carbocycles. The van der Waals surface area contributed by atoms with E-state index in [1.807, 2.05) is 12.4 Å². The Kier molecular flexibility index (Phi) is 6.05. The SMILES string of the molecule is CCC1(C(=O)OC[C@H]2O[C@@H](n3ccc(NO)nc3=O)[C@@H]3OC(C)(C)O[C@@H]32)CCOCC1. The maximum atomic E-state index is 12.9. The summed E-state index contributed by atoms with van der Waals surface area (Å²) in [5.41, 5.74) is 0.669. The molecular formula is C20H29N3O8. The molecule has 4 rings (SSSR count). The third-order valence-electron chi connectivity index (χ3n) is 6.28. The largest absolute Gasteiger partial charge is 0.462 e. The van der Waals surface area contributed by atoms with E-state index in [0.29, 0.717) is 32.5 Å². The Morgan fingerprint density at radius 2 is 2.03 bits per heavy atom. The van der Waals surface area contributed by atoms with Crippen molar-refractivity contribution in [2.24, 2.45) is 5.41 Å². The molecule has 4 heterocycles. The number of rotatable bonds is 6. The molecule has 11 heteroatoms. The number of nitrogens with one attached hydrogen (secondary N) is 1. The molecule has 0 saturated carbocycles. The normalized spacial score (nSPS) is 31.2. The molecule has 31 heavy (non-hydrogen) atoms. The van der Waals surface area contributed by atoms with Crippen LogP contribution in [-0.2, 0) is 28.5 Å². The number of anilines is 1. The lowest BCUT2D eigenvalue weighted by Gasteiger charge is -2.34. The second-order valence-corrected chi connectivity index (χ2v) is 8.59. The minimum atomic E-state index is -0.880. The molecule has 0 amide bonds. The Morgan fingerprint density at radius 1 is 1.32 bits per heavy atom. The first-order valence-electron chi connectivity index (χ1n) is 10.5. The van der Waals surface area contributed by atoms with Gasteiger partial charge < -0.3 is 23.7 Å². The fourth-order valence-corrected chi connectivity index (χ4v) is 4.46. The zero-order chi connectivity index (χ0) is 22.2. The van der Waals surface area contributed by atoms with Crippen molar-refractivity contribution in [3.8, 4) is 0 Å². The fourth-order valence-electron chi connectivity index (χ4n) is 4.46. The molecule has 3 aliphatic rings. The fraction of sp³-hybridized carbons (Fsp3) is 0.750. The number of carbonyl (C=O) groups excluding carboxylic acids is 1. The van der Waals surface area contributed by atoms with Crippen LogP contribution >= 0.6 is 0 Å². The summed E-state index contributed by atoms with van der Waals surface area (Å²) in [5.74, 6) is -1.13. The van der Waals surface area contributed by atoms with Gasteiger partial charge >= 0.3 is 11.7 Å². The van der Waals surface area contributed by atoms with E-state index in [0.717, 1.165) is 0 Å². The highest BCUT2D eigenvalue weighted by Crippen LogP contribution is 2.43. The van der Waals surface area contributed by atoms with Gasteiger partial charge in [-0.15, -0.1) is 0 Å². The van der Waals surface area contributed by atoms with E-state index in [4.69, 9.17) is 28.9 Å². The number of fused-ring (bicyclic) bond motifs is 1. The molecule has 0 unspecified atom stereocenters. The average Bonchev–Trinajstić information content (AvgIpc) is 3.25. The summed E-state index contributed by atoms with van der Waals surface area (Å²) in [6.07, 6.45) is 0.838. The molecule has 11 nitrogen and oxygen atoms in total. The number of carbonyl (C=O) groups is 1. The molecule has 0 bridgehead atoms. The summed E-state index contributed by atoms with van der Waals surface area (Å²) < 4.78 is 30.4. The predicted octanol–water partition coefficient (Wildman–Crippen LogP) is 1.21. The average molecular weight is 439 g/mol. The Hall–Kier alpha value is -2.05. The van der Waals surface area contributed by atoms with Gasteiger partial charge in [0, 0.05) is 19.4 Å². The highest BCUT2D eigenvalue weighted by molar-refractivity contribution is 5.77. The van der Waals surface area contributed by atoms with Crippen molar-refractivity contribution in [3.05, 3.63) is 22.7 Å². The van der Waals surface area contributed by atoms with Gasteiger partial charge in [-0.2, -0.15) is 4.98 Å². The van der Waals surface area contributed by atoms with E-state index in [1.165, 1.54) is 16.8 Å². The van der Waals surface area contributed by atoms with Gasteiger partial charge in [-0.05, 0) is 39.2 Å². The zero-order valence-electron chi connectivity index (χ0n) is 17.9. The molecule has 4 atom stereocenters. The monoisotopic (exact) mass is 439 g/mol. The van der Waals surface area contributed by atoms with Gasteiger partial charge in [-0.1, -0.05) is 6.92 Å². The van der Waals surface area contributed by atoms with Crippen molar-refractivity contribution < 1.29 is 33.7 Å². The van der Waals surface area contributed by atoms with Crippen LogP contribution in [0, 0.1) is 5.41 Å². The minimum absolute atomic E-state index is 0.0169. The summed E-state index contributed by atoms with van der Waals surface area (Å²) in [6, 6.07) is 1.43. The third kappa shape index (κ3) is 4.20. The maximum absolute atomic E-state index is 12.9. The van der Waals surface area contributed by atoms with Crippen molar-refractivity contribution in [1.82, 2.24) is 9.55 Å². The van der Waals surface area contributed by atoms with Gasteiger partial charge in [0.15, 0.2) is 17.8 Å². The van der Waals surface area contributed by atoms with Crippen LogP contribution in [0.25, 0.3) is 0 Å². The first-order valence-corrected chi connectivity index (χ1v) is 10.5. The van der Waals surface area contributed by atoms with Gasteiger partial charge in [0.1, 0.15) is 24.9 Å². The van der Waals surface area contributed by atoms with Crippen LogP contribution in [0.2, 0.25) is 0 Å². The van der Waals surface area contributed by atoms with Gasteiger partial charge in [-0.3, -0.25) is 20.0 Å². The highest BCUT2D eigenvalue weighted by Gasteiger charge is 2.56. The van der Waals surface area contributed by atoms with Gasteiger partial charge in [0.25, 0.3) is 0 Å². The quantitative estimate of drug-likeness (QED) is 0.493. The lowest BCUT2D eigenvalue weighted by molar-refractivity contribution is -0.205. The molecule has 1 aromatic rings. The van der Waals surface area contributed by atoms with E-state index in [9.17, 15) is 9.59 Å². The number of nitrogens with zero attached hydrogens (tertiary/aromatic N) is 2. The molecule has 0 spiro atoms. The van der Waals surface area contributed by atoms with Gasteiger partial charge in [-0.25, -0.2) is 4.79 Å². The maximum Gasteiger partial charge on any atom is 0.351 e. The number of hydrogen-bond donors (Lipinski definition) is 2. The molecule has 3 saturated heterocycles. The Bertz CT molecular complexity index is 866. The minimum Gasteiger partial charge on any atom is -0.462 e. The van der Waals surface area contributed by atoms with E-state index in [-0.39, 0.29) is 18.4 Å². The molecule has 3 fully saturated rings. The van der Waals surface area contributed by atoms with Crippen molar-refractivity contribution in [2.45, 2.75) is 70.4 Å². The summed E-state index contributed by atoms with van der Waals surface area (Å²) >= 11 is 0. The third-order valence-corrected chi connectivity index (χ3v) is 6.28. The lowest BCUT2D eigenvalue weighted by Crippen LogP contribution is -2.40. The molecule has 0 aliphatic carbocycles. The van der Waals surface area contributed by atoms with Crippen LogP contribution in [0.1, 0.15) is 46.3 Å². The molecule has 2 N–H and O–H groups in total. The van der Waals surface area contributed by atoms with Crippen molar-refractivity contribution >= 4 is 11.8 Å². The second-order valence-electron chi connectivity index (χ2n) is 8.59. The van der Waals surface area contributed by atoms with Crippen molar-refractivity contribution in [3.63, 3.8) is 0 Å². The van der Waals surface area contributed by atoms with E-state index < -0.39 is 41.4 Å². The smallest absolute Gasteiger partial charge is 0.351 e. The number of hydrogen-bond acceptors (Lipinski definition) is 10. The lowest BCUT2D eigenvalue weighted by atomic mass is 9.78. The van der Waals surface area contributed by atoms with E-state index >= 15 is 0 Å². The summed E-state index contributed by atoms with van der Waals surface area (Å²) in [7, 11) is 0. The number of esters is 1. The van der Waals surface area contributed by atoms with Crippen LogP contribution < -0.4 is 11.2 Å². The van der Waals surface area contributed by atoms with Crippen LogP contribution in [0.3, 0.4) is 0 Å². The van der Waals surface area contributed by atoms with Gasteiger partial charge in [0.05, 0.1) is 5.41 Å². The number of aromatic nitrogens is 2. The molecule has 3 aliphatic heterocycles. The summed E-state index contributed by atoms with van der Waals surface area (Å²) in [5, 5.41) is 8.96. The van der Waals surface area contributed by atoms with Crippen LogP contribution in [0.15, 0.2) is 17.1 Å². The van der Waals surface area contributed by atoms with Crippen molar-refractivity contribution in [1.29, 1.82) is 0 Å². The van der Waals surface area contributed by atoms with Crippen LogP contribution in [-0.4, -0.2) is 64.6 Å². The molecule has 1 aromatic heterocycles. The summed E-state index contributed by atoms with van der Waals surface area (Å²) in [6.45, 7) is 6.59. The highest BCUT2D eigenvalue weighted by atomic mass is 16.8. The van der Waals surface area contributed by atoms with Crippen LogP contribution in [0.4, 0.5) is 5.82 Å². The Morgan fingerprint density at radius 3 is 2.68 bits per heavy atom. The van der Waals surface area contributed by atoms with Gasteiger partial charge in [0.2, 0.25) is 0 Å². The Balaban J connectivity index is 1.51. The molecular weight excluding hydrogens is 410 g/mol.